The van der Waals surface area contributed by atoms with E-state index in [0.717, 1.165) is 0 Å². The summed E-state index contributed by atoms with van der Waals surface area (Å²) in [5.74, 6) is -3.46. The van der Waals surface area contributed by atoms with Gasteiger partial charge in [0.1, 0.15) is 5.75 Å². The fourth-order valence-electron chi connectivity index (χ4n) is 1.46. The summed E-state index contributed by atoms with van der Waals surface area (Å²) >= 11 is 0. The van der Waals surface area contributed by atoms with E-state index >= 15 is 0 Å². The normalized spacial score (nSPS) is 12.2. The summed E-state index contributed by atoms with van der Waals surface area (Å²) in [5.41, 5.74) is 0.654. The lowest BCUT2D eigenvalue weighted by Crippen LogP contribution is -2.38. The molecule has 1 aromatic carbocycles. The Kier molecular flexibility index (Phi) is 5.60. The first-order valence-corrected chi connectivity index (χ1v) is 5.94. The monoisotopic (exact) mass is 279 g/mol. The van der Waals surface area contributed by atoms with Crippen LogP contribution in [0, 0.1) is 0 Å². The third kappa shape index (κ3) is 5.06. The highest BCUT2D eigenvalue weighted by Crippen LogP contribution is 2.23. The third-order valence-electron chi connectivity index (χ3n) is 2.33. The maximum atomic E-state index is 12.7. The van der Waals surface area contributed by atoms with Gasteiger partial charge in [-0.3, -0.25) is 0 Å². The van der Waals surface area contributed by atoms with Crippen LogP contribution >= 0.6 is 0 Å². The molecule has 0 fully saturated rings. The van der Waals surface area contributed by atoms with Gasteiger partial charge in [-0.25, -0.2) is 8.78 Å². The van der Waals surface area contributed by atoms with E-state index in [1.165, 1.54) is 0 Å². The first kappa shape index (κ1) is 15.8. The number of hydrogen-bond acceptors (Lipinski definition) is 2. The van der Waals surface area contributed by atoms with Gasteiger partial charge < -0.3 is 10.1 Å². The van der Waals surface area contributed by atoms with E-state index in [-0.39, 0.29) is 12.6 Å². The van der Waals surface area contributed by atoms with Crippen molar-refractivity contribution in [2.75, 3.05) is 6.54 Å². The molecule has 0 bridgehead atoms. The van der Waals surface area contributed by atoms with E-state index in [0.29, 0.717) is 11.3 Å². The highest BCUT2D eigenvalue weighted by atomic mass is 19.3. The zero-order valence-electron chi connectivity index (χ0n) is 10.8. The molecule has 0 aliphatic rings. The quantitative estimate of drug-likeness (QED) is 0.772. The van der Waals surface area contributed by atoms with Crippen LogP contribution in [0.25, 0.3) is 0 Å². The van der Waals surface area contributed by atoms with Gasteiger partial charge in [0.2, 0.25) is 0 Å². The lowest BCUT2D eigenvalue weighted by atomic mass is 10.2. The van der Waals surface area contributed by atoms with E-state index in [1.807, 2.05) is 13.8 Å². The maximum absolute atomic E-state index is 12.7. The highest BCUT2D eigenvalue weighted by molar-refractivity contribution is 5.33. The minimum absolute atomic E-state index is 0.0468. The molecule has 1 N–H and O–H groups in total. The van der Waals surface area contributed by atoms with Crippen molar-refractivity contribution in [1.82, 2.24) is 5.32 Å². The molecule has 0 saturated carbocycles. The zero-order chi connectivity index (χ0) is 14.5. The minimum atomic E-state index is -4.02. The van der Waals surface area contributed by atoms with Crippen molar-refractivity contribution >= 4 is 0 Å². The summed E-state index contributed by atoms with van der Waals surface area (Å²) < 4.78 is 54.9. The Bertz CT molecular complexity index is 396. The van der Waals surface area contributed by atoms with Crippen LogP contribution in [-0.2, 0) is 6.54 Å². The van der Waals surface area contributed by atoms with E-state index < -0.39 is 18.9 Å². The van der Waals surface area contributed by atoms with Crippen molar-refractivity contribution in [3.05, 3.63) is 29.8 Å². The molecular weight excluding hydrogens is 262 g/mol. The Morgan fingerprint density at radius 1 is 1.21 bits per heavy atom. The van der Waals surface area contributed by atoms with Crippen LogP contribution in [-0.4, -0.2) is 25.0 Å². The summed E-state index contributed by atoms with van der Waals surface area (Å²) in [7, 11) is 0. The molecule has 0 spiro atoms. The van der Waals surface area contributed by atoms with E-state index in [1.54, 1.807) is 24.3 Å². The van der Waals surface area contributed by atoms with Crippen LogP contribution in [0.2, 0.25) is 0 Å². The fraction of sp³-hybridized carbons (Fsp3) is 0.538. The third-order valence-corrected chi connectivity index (χ3v) is 2.33. The van der Waals surface area contributed by atoms with Gasteiger partial charge in [0.25, 0.3) is 0 Å². The topological polar surface area (TPSA) is 21.3 Å². The van der Waals surface area contributed by atoms with Crippen molar-refractivity contribution in [2.24, 2.45) is 0 Å². The Hall–Kier alpha value is -1.30. The summed E-state index contributed by atoms with van der Waals surface area (Å²) in [6, 6.07) is 6.90. The van der Waals surface area contributed by atoms with Gasteiger partial charge in [-0.2, -0.15) is 8.78 Å². The minimum Gasteiger partial charge on any atom is -0.491 e. The number of hydrogen-bond donors (Lipinski definition) is 1. The second-order valence-electron chi connectivity index (χ2n) is 4.44. The maximum Gasteiger partial charge on any atom is 0.319 e. The van der Waals surface area contributed by atoms with Gasteiger partial charge in [-0.05, 0) is 19.9 Å². The molecule has 1 rings (SSSR count). The van der Waals surface area contributed by atoms with Crippen molar-refractivity contribution in [2.45, 2.75) is 38.8 Å². The van der Waals surface area contributed by atoms with Crippen molar-refractivity contribution < 1.29 is 22.3 Å². The predicted octanol–water partition coefficient (Wildman–Crippen LogP) is 3.46. The Morgan fingerprint density at radius 3 is 2.42 bits per heavy atom. The number of ether oxygens (including phenoxy) is 1. The molecule has 0 unspecified atom stereocenters. The average Bonchev–Trinajstić information content (AvgIpc) is 2.30. The van der Waals surface area contributed by atoms with Gasteiger partial charge >= 0.3 is 12.3 Å². The standard InChI is InChI=1S/C13H17F4NO/c1-9(2)19-11-6-4-3-5-10(11)7-18-8-13(16,17)12(14)15/h3-6,9,12,18H,7-8H2,1-2H3. The average molecular weight is 279 g/mol. The summed E-state index contributed by atoms with van der Waals surface area (Å²) in [4.78, 5) is 0. The number of halogens is 4. The predicted molar refractivity (Wildman–Crippen MR) is 64.9 cm³/mol. The molecule has 0 aliphatic carbocycles. The number of rotatable bonds is 7. The van der Waals surface area contributed by atoms with Crippen LogP contribution < -0.4 is 10.1 Å². The zero-order valence-corrected chi connectivity index (χ0v) is 10.8. The largest absolute Gasteiger partial charge is 0.491 e. The molecular formula is C13H17F4NO. The van der Waals surface area contributed by atoms with E-state index in [2.05, 4.69) is 5.32 Å². The van der Waals surface area contributed by atoms with Gasteiger partial charge in [0.05, 0.1) is 12.6 Å². The summed E-state index contributed by atoms with van der Waals surface area (Å²) in [6.45, 7) is 2.66. The van der Waals surface area contributed by atoms with E-state index in [4.69, 9.17) is 4.74 Å². The van der Waals surface area contributed by atoms with Gasteiger partial charge in [-0.15, -0.1) is 0 Å². The number of para-hydroxylation sites is 1. The van der Waals surface area contributed by atoms with Gasteiger partial charge in [-0.1, -0.05) is 18.2 Å². The summed E-state index contributed by atoms with van der Waals surface area (Å²) in [5, 5.41) is 2.33. The number of alkyl halides is 4. The molecule has 0 saturated heterocycles. The number of benzene rings is 1. The van der Waals surface area contributed by atoms with E-state index in [9.17, 15) is 17.6 Å². The molecule has 0 radical (unpaired) electrons. The Balaban J connectivity index is 2.58. The first-order chi connectivity index (χ1) is 8.83. The van der Waals surface area contributed by atoms with Crippen LogP contribution in [0.5, 0.6) is 5.75 Å². The van der Waals surface area contributed by atoms with Gasteiger partial charge in [0, 0.05) is 12.1 Å². The molecule has 6 heteroatoms. The second kappa shape index (κ2) is 6.75. The van der Waals surface area contributed by atoms with Crippen LogP contribution in [0.1, 0.15) is 19.4 Å². The van der Waals surface area contributed by atoms with Crippen molar-refractivity contribution in [3.63, 3.8) is 0 Å². The molecule has 2 nitrogen and oxygen atoms in total. The lowest BCUT2D eigenvalue weighted by molar-refractivity contribution is -0.125. The molecule has 0 aliphatic heterocycles. The molecule has 108 valence electrons. The molecule has 0 amide bonds. The SMILES string of the molecule is CC(C)Oc1ccccc1CNCC(F)(F)C(F)F. The Labute approximate surface area is 109 Å². The first-order valence-electron chi connectivity index (χ1n) is 5.94. The smallest absolute Gasteiger partial charge is 0.319 e. The molecule has 0 aromatic heterocycles. The van der Waals surface area contributed by atoms with Crippen LogP contribution in [0.3, 0.4) is 0 Å². The number of nitrogens with one attached hydrogen (secondary N) is 1. The summed E-state index contributed by atoms with van der Waals surface area (Å²) in [6.07, 6.45) is -3.72. The van der Waals surface area contributed by atoms with Crippen molar-refractivity contribution in [1.29, 1.82) is 0 Å². The van der Waals surface area contributed by atoms with Crippen molar-refractivity contribution in [3.8, 4) is 5.75 Å². The Morgan fingerprint density at radius 2 is 1.84 bits per heavy atom. The van der Waals surface area contributed by atoms with Crippen LogP contribution in [0.4, 0.5) is 17.6 Å². The lowest BCUT2D eigenvalue weighted by Gasteiger charge is -2.17. The fourth-order valence-corrected chi connectivity index (χ4v) is 1.46. The highest BCUT2D eigenvalue weighted by Gasteiger charge is 2.39. The molecule has 0 heterocycles. The molecule has 19 heavy (non-hydrogen) atoms. The molecule has 1 aromatic rings. The second-order valence-corrected chi connectivity index (χ2v) is 4.44. The molecule has 0 atom stereocenters. The van der Waals surface area contributed by atoms with Gasteiger partial charge in [0.15, 0.2) is 0 Å². The van der Waals surface area contributed by atoms with Crippen LogP contribution in [0.15, 0.2) is 24.3 Å².